The number of ether oxygens (including phenoxy) is 3. The Balaban J connectivity index is -0.000000282. The molecule has 0 aromatic carbocycles. The summed E-state index contributed by atoms with van der Waals surface area (Å²) < 4.78 is 14.0. The van der Waals surface area contributed by atoms with E-state index in [4.69, 9.17) is 29.9 Å². The van der Waals surface area contributed by atoms with E-state index in [1.165, 1.54) is 5.57 Å². The van der Waals surface area contributed by atoms with E-state index in [2.05, 4.69) is 35.0 Å². The summed E-state index contributed by atoms with van der Waals surface area (Å²) in [4.78, 5) is 58.2. The molecule has 0 saturated heterocycles. The zero-order valence-corrected chi connectivity index (χ0v) is 32.8. The van der Waals surface area contributed by atoms with Crippen molar-refractivity contribution in [2.45, 2.75) is 113 Å². The van der Waals surface area contributed by atoms with E-state index in [1.807, 2.05) is 41.5 Å². The maximum atomic E-state index is 11.9. The van der Waals surface area contributed by atoms with Crippen LogP contribution in [0.2, 0.25) is 0 Å². The number of aliphatic imine (C=N–C) groups is 1. The van der Waals surface area contributed by atoms with Gasteiger partial charge in [0.25, 0.3) is 5.91 Å². The zero-order chi connectivity index (χ0) is 37.9. The number of hydrogen-bond donors (Lipinski definition) is 5. The number of amides is 2. The largest absolute Gasteiger partial charge is 1.00 e. The molecule has 278 valence electrons. The smallest absolute Gasteiger partial charge is 0.846 e. The number of rotatable bonds is 16. The molecule has 5 N–H and O–H groups in total. The first-order valence-corrected chi connectivity index (χ1v) is 15.9. The molecule has 16 heteroatoms. The summed E-state index contributed by atoms with van der Waals surface area (Å²) in [6.07, 6.45) is 5.01. The van der Waals surface area contributed by atoms with E-state index in [0.717, 1.165) is 50.8 Å². The van der Waals surface area contributed by atoms with Gasteiger partial charge in [0, 0.05) is 13.2 Å². The minimum atomic E-state index is -1.82. The number of aliphatic hydroxyl groups is 4. The van der Waals surface area contributed by atoms with Gasteiger partial charge in [-0.05, 0) is 79.2 Å². The number of nitrogens with one attached hydrogen (secondary N) is 1. The molecule has 0 spiro atoms. The summed E-state index contributed by atoms with van der Waals surface area (Å²) in [5.74, 6) is -3.95. The van der Waals surface area contributed by atoms with Crippen LogP contribution in [0.5, 0.6) is 0 Å². The molecular weight excluding hydrogens is 655 g/mol. The minimum Gasteiger partial charge on any atom is -0.846 e. The van der Waals surface area contributed by atoms with Crippen molar-refractivity contribution in [1.29, 1.82) is 0 Å². The molecular formula is C33H57N2NaO13. The number of amidine groups is 1. The van der Waals surface area contributed by atoms with Crippen LogP contribution in [-0.2, 0) is 38.2 Å². The third-order valence-corrected chi connectivity index (χ3v) is 6.67. The van der Waals surface area contributed by atoms with Crippen LogP contribution in [0.4, 0.5) is 0 Å². The van der Waals surface area contributed by atoms with Gasteiger partial charge in [0.2, 0.25) is 5.91 Å². The molecule has 1 rings (SSSR count). The van der Waals surface area contributed by atoms with E-state index in [-0.39, 0.29) is 41.8 Å². The molecule has 0 aromatic heterocycles. The number of carbonyl (C=O) groups is 5. The van der Waals surface area contributed by atoms with Gasteiger partial charge in [-0.3, -0.25) is 14.4 Å². The number of hydrogen-bond acceptors (Lipinski definition) is 13. The van der Waals surface area contributed by atoms with Gasteiger partial charge >= 0.3 is 41.5 Å². The van der Waals surface area contributed by atoms with Gasteiger partial charge < -0.3 is 45.1 Å². The van der Waals surface area contributed by atoms with Crippen LogP contribution >= 0.6 is 0 Å². The Kier molecular flexibility index (Phi) is 34.5. The number of allylic oxidation sites excluding steroid dienone is 4. The van der Waals surface area contributed by atoms with Crippen molar-refractivity contribution >= 4 is 36.1 Å². The van der Waals surface area contributed by atoms with Crippen molar-refractivity contribution in [1.82, 2.24) is 5.32 Å². The Hall–Kier alpha value is -2.34. The SMILES string of the molecule is CC(C)=CCCC(C)=CC=O.CCCC(C)C1(CC)C(=O)N=C([O-])NC1=O.CCOC(C)OCC.O=C(OC(=O)C(O)CO)C(O)CO.[Na+]. The Bertz CT molecular complexity index is 1040. The van der Waals surface area contributed by atoms with Crippen molar-refractivity contribution in [2.75, 3.05) is 26.4 Å². The molecule has 15 nitrogen and oxygen atoms in total. The van der Waals surface area contributed by atoms with Crippen molar-refractivity contribution in [3.63, 3.8) is 0 Å². The molecule has 0 saturated carbocycles. The van der Waals surface area contributed by atoms with Gasteiger partial charge in [-0.2, -0.15) is 0 Å². The van der Waals surface area contributed by atoms with Gasteiger partial charge in [0.1, 0.15) is 11.7 Å². The molecule has 4 atom stereocenters. The van der Waals surface area contributed by atoms with E-state index in [1.54, 1.807) is 13.0 Å². The number of aliphatic hydroxyl groups excluding tert-OH is 4. The topological polar surface area (TPSA) is 241 Å². The quantitative estimate of drug-likeness (QED) is 0.0227. The van der Waals surface area contributed by atoms with Crippen LogP contribution in [0, 0.1) is 11.3 Å². The van der Waals surface area contributed by atoms with Gasteiger partial charge in [0.15, 0.2) is 18.5 Å². The molecule has 1 aliphatic heterocycles. The zero-order valence-electron chi connectivity index (χ0n) is 30.8. The maximum Gasteiger partial charge on any atom is 1.00 e. The van der Waals surface area contributed by atoms with Crippen molar-refractivity contribution < 1.29 is 93.3 Å². The van der Waals surface area contributed by atoms with Crippen LogP contribution in [-0.4, -0.2) is 101 Å². The third-order valence-electron chi connectivity index (χ3n) is 6.67. The monoisotopic (exact) mass is 712 g/mol. The normalized spacial score (nSPS) is 17.0. The maximum absolute atomic E-state index is 11.9. The molecule has 1 aliphatic rings. The molecule has 1 heterocycles. The number of carbonyl (C=O) groups excluding carboxylic acids is 5. The van der Waals surface area contributed by atoms with Gasteiger partial charge in [-0.1, -0.05) is 44.4 Å². The average molecular weight is 713 g/mol. The van der Waals surface area contributed by atoms with Crippen LogP contribution in [0.25, 0.3) is 0 Å². The predicted octanol–water partition coefficient (Wildman–Crippen LogP) is -1.76. The van der Waals surface area contributed by atoms with Crippen LogP contribution < -0.4 is 40.0 Å². The third kappa shape index (κ3) is 23.7. The number of nitrogens with zero attached hydrogens (tertiary/aromatic N) is 1. The Morgan fingerprint density at radius 1 is 0.959 bits per heavy atom. The predicted molar refractivity (Wildman–Crippen MR) is 176 cm³/mol. The molecule has 4 unspecified atom stereocenters. The van der Waals surface area contributed by atoms with Crippen molar-refractivity contribution in [3.05, 3.63) is 23.3 Å². The van der Waals surface area contributed by atoms with Gasteiger partial charge in [-0.25, -0.2) is 14.6 Å². The minimum absolute atomic E-state index is 0. The fourth-order valence-corrected chi connectivity index (χ4v) is 3.99. The second kappa shape index (κ2) is 31.6. The van der Waals surface area contributed by atoms with E-state index in [0.29, 0.717) is 6.42 Å². The second-order valence-electron chi connectivity index (χ2n) is 10.8. The summed E-state index contributed by atoms with van der Waals surface area (Å²) in [7, 11) is 0. The van der Waals surface area contributed by atoms with E-state index < -0.39 is 60.6 Å². The second-order valence-corrected chi connectivity index (χ2v) is 10.8. The van der Waals surface area contributed by atoms with Crippen LogP contribution in [0.3, 0.4) is 0 Å². The summed E-state index contributed by atoms with van der Waals surface area (Å²) in [5, 5.41) is 46.8. The first-order valence-electron chi connectivity index (χ1n) is 15.9. The Labute approximate surface area is 312 Å². The van der Waals surface area contributed by atoms with Crippen molar-refractivity contribution in [2.24, 2.45) is 16.3 Å². The van der Waals surface area contributed by atoms with Gasteiger partial charge in [-0.15, -0.1) is 0 Å². The molecule has 0 aromatic rings. The first kappa shape index (κ1) is 53.5. The summed E-state index contributed by atoms with van der Waals surface area (Å²) in [6.45, 7) is 17.2. The van der Waals surface area contributed by atoms with Gasteiger partial charge in [0.05, 0.1) is 19.2 Å². The molecule has 0 aliphatic carbocycles. The Morgan fingerprint density at radius 2 is 1.45 bits per heavy atom. The number of aldehydes is 1. The summed E-state index contributed by atoms with van der Waals surface area (Å²) in [5.41, 5.74) is 1.34. The summed E-state index contributed by atoms with van der Waals surface area (Å²) in [6, 6.07) is -0.845. The molecule has 0 bridgehead atoms. The fourth-order valence-electron chi connectivity index (χ4n) is 3.99. The van der Waals surface area contributed by atoms with Crippen molar-refractivity contribution in [3.8, 4) is 0 Å². The summed E-state index contributed by atoms with van der Waals surface area (Å²) >= 11 is 0. The van der Waals surface area contributed by atoms with E-state index >= 15 is 0 Å². The first-order chi connectivity index (χ1) is 22.5. The Morgan fingerprint density at radius 3 is 1.80 bits per heavy atom. The number of esters is 2. The van der Waals surface area contributed by atoms with Crippen LogP contribution in [0.1, 0.15) is 94.4 Å². The molecule has 49 heavy (non-hydrogen) atoms. The van der Waals surface area contributed by atoms with Crippen LogP contribution in [0.15, 0.2) is 28.3 Å². The molecule has 0 fully saturated rings. The molecule has 2 amide bonds. The fraction of sp³-hybridized carbons (Fsp3) is 0.697. The molecule has 0 radical (unpaired) electrons. The van der Waals surface area contributed by atoms with E-state index in [9.17, 15) is 29.1 Å². The standard InChI is InChI=1S/C11H18N2O3.C10H16O.C6H10O7.C6H14O2.Na/c1-4-6-7(3)11(5-2)8(14)12-10(16)13-9(11)15;1-9(2)5-4-6-10(3)7-8-11;7-1-3(9)5(11)13-6(12)4(10)2-8;1-4-7-6(3)8-5-2;/h7H,4-6H2,1-3H3,(H2,12,13,14,15,16);5,7-8H,4,6H2,1-3H3;3-4,7-10H,1-2H2;6H,4-5H2,1-3H3;/q;;;;+1/p-1. The average Bonchev–Trinajstić information content (AvgIpc) is 3.01.